The van der Waals surface area contributed by atoms with Gasteiger partial charge in [-0.15, -0.1) is 0 Å². The van der Waals surface area contributed by atoms with Crippen LogP contribution in [-0.2, 0) is 16.0 Å². The molecule has 0 aliphatic rings. The fourth-order valence-electron chi connectivity index (χ4n) is 2.04. The molecule has 0 atom stereocenters. The second kappa shape index (κ2) is 8.02. The van der Waals surface area contributed by atoms with Crippen LogP contribution in [0.4, 0.5) is 0 Å². The Morgan fingerprint density at radius 2 is 1.73 bits per heavy atom. The molecule has 0 saturated heterocycles. The summed E-state index contributed by atoms with van der Waals surface area (Å²) in [6.45, 7) is 2.33. The van der Waals surface area contributed by atoms with Crippen molar-refractivity contribution in [3.05, 3.63) is 48.2 Å². The molecule has 2 rings (SSSR count). The summed E-state index contributed by atoms with van der Waals surface area (Å²) in [6, 6.07) is 13.7. The Kier molecular flexibility index (Phi) is 5.77. The molecule has 1 aromatic heterocycles. The Hall–Kier alpha value is -2.56. The van der Waals surface area contributed by atoms with Gasteiger partial charge in [0.05, 0.1) is 0 Å². The van der Waals surface area contributed by atoms with Gasteiger partial charge in [0.15, 0.2) is 0 Å². The summed E-state index contributed by atoms with van der Waals surface area (Å²) < 4.78 is 5.74. The molecule has 0 fully saturated rings. The molecular formula is C17H20N2O3. The normalized spacial score (nSPS) is 10.2. The SMILES string of the molecule is CC(=O)NCCNC(=O)CCc1ccc(-c2ccccc2)o1. The summed E-state index contributed by atoms with van der Waals surface area (Å²) >= 11 is 0. The van der Waals surface area contributed by atoms with Gasteiger partial charge in [-0.25, -0.2) is 0 Å². The maximum absolute atomic E-state index is 11.7. The summed E-state index contributed by atoms with van der Waals surface area (Å²) in [4.78, 5) is 22.4. The highest BCUT2D eigenvalue weighted by atomic mass is 16.3. The first kappa shape index (κ1) is 15.8. The van der Waals surface area contributed by atoms with E-state index < -0.39 is 0 Å². The molecule has 1 heterocycles. The largest absolute Gasteiger partial charge is 0.461 e. The number of amides is 2. The zero-order chi connectivity index (χ0) is 15.8. The number of nitrogens with one attached hydrogen (secondary N) is 2. The standard InChI is InChI=1S/C17H20N2O3/c1-13(20)18-11-12-19-17(21)10-8-15-7-9-16(22-15)14-5-3-2-4-6-14/h2-7,9H,8,10-12H2,1H3,(H,18,20)(H,19,21). The first-order valence-electron chi connectivity index (χ1n) is 7.30. The molecule has 0 bridgehead atoms. The van der Waals surface area contributed by atoms with Gasteiger partial charge in [0.1, 0.15) is 11.5 Å². The molecule has 0 aliphatic heterocycles. The molecule has 5 heteroatoms. The third-order valence-corrected chi connectivity index (χ3v) is 3.14. The second-order valence-electron chi connectivity index (χ2n) is 4.96. The summed E-state index contributed by atoms with van der Waals surface area (Å²) in [5.41, 5.74) is 1.02. The molecule has 5 nitrogen and oxygen atoms in total. The van der Waals surface area contributed by atoms with E-state index in [2.05, 4.69) is 10.6 Å². The molecule has 22 heavy (non-hydrogen) atoms. The lowest BCUT2D eigenvalue weighted by Crippen LogP contribution is -2.33. The molecule has 116 valence electrons. The van der Waals surface area contributed by atoms with Gasteiger partial charge in [0.2, 0.25) is 11.8 Å². The van der Waals surface area contributed by atoms with Crippen molar-refractivity contribution in [1.29, 1.82) is 0 Å². The van der Waals surface area contributed by atoms with E-state index in [4.69, 9.17) is 4.42 Å². The summed E-state index contributed by atoms with van der Waals surface area (Å²) in [5, 5.41) is 5.38. The average Bonchev–Trinajstić information content (AvgIpc) is 2.99. The Labute approximate surface area is 129 Å². The van der Waals surface area contributed by atoms with Crippen LogP contribution < -0.4 is 10.6 Å². The van der Waals surface area contributed by atoms with E-state index in [0.29, 0.717) is 25.9 Å². The molecule has 0 aliphatic carbocycles. The highest BCUT2D eigenvalue weighted by Crippen LogP contribution is 2.22. The number of carbonyl (C=O) groups excluding carboxylic acids is 2. The van der Waals surface area contributed by atoms with Crippen molar-refractivity contribution in [1.82, 2.24) is 10.6 Å². The fraction of sp³-hybridized carbons (Fsp3) is 0.294. The molecule has 0 saturated carbocycles. The molecule has 1 aromatic carbocycles. The van der Waals surface area contributed by atoms with Crippen LogP contribution in [0.5, 0.6) is 0 Å². The molecule has 2 N–H and O–H groups in total. The van der Waals surface area contributed by atoms with E-state index in [-0.39, 0.29) is 11.8 Å². The smallest absolute Gasteiger partial charge is 0.220 e. The first-order valence-corrected chi connectivity index (χ1v) is 7.30. The zero-order valence-corrected chi connectivity index (χ0v) is 12.6. The molecule has 2 aromatic rings. The minimum absolute atomic E-state index is 0.0528. The highest BCUT2D eigenvalue weighted by molar-refractivity contribution is 5.76. The van der Waals surface area contributed by atoms with E-state index >= 15 is 0 Å². The van der Waals surface area contributed by atoms with Crippen LogP contribution in [0.2, 0.25) is 0 Å². The zero-order valence-electron chi connectivity index (χ0n) is 12.6. The van der Waals surface area contributed by atoms with Crippen LogP contribution in [0.1, 0.15) is 19.1 Å². The third kappa shape index (κ3) is 5.09. The molecule has 2 amide bonds. The van der Waals surface area contributed by atoms with Gasteiger partial charge < -0.3 is 15.1 Å². The van der Waals surface area contributed by atoms with E-state index in [0.717, 1.165) is 17.1 Å². The first-order chi connectivity index (χ1) is 10.6. The lowest BCUT2D eigenvalue weighted by Gasteiger charge is -2.04. The topological polar surface area (TPSA) is 71.3 Å². The van der Waals surface area contributed by atoms with Crippen molar-refractivity contribution < 1.29 is 14.0 Å². The van der Waals surface area contributed by atoms with E-state index in [1.165, 1.54) is 6.92 Å². The van der Waals surface area contributed by atoms with Crippen LogP contribution in [-0.4, -0.2) is 24.9 Å². The van der Waals surface area contributed by atoms with Crippen molar-refractivity contribution in [3.63, 3.8) is 0 Å². The van der Waals surface area contributed by atoms with Crippen molar-refractivity contribution in [3.8, 4) is 11.3 Å². The van der Waals surface area contributed by atoms with Crippen LogP contribution >= 0.6 is 0 Å². The summed E-state index contributed by atoms with van der Waals surface area (Å²) in [7, 11) is 0. The van der Waals surface area contributed by atoms with Gasteiger partial charge in [-0.05, 0) is 12.1 Å². The second-order valence-corrected chi connectivity index (χ2v) is 4.96. The van der Waals surface area contributed by atoms with E-state index in [1.807, 2.05) is 42.5 Å². The van der Waals surface area contributed by atoms with Crippen molar-refractivity contribution in [2.75, 3.05) is 13.1 Å². The summed E-state index contributed by atoms with van der Waals surface area (Å²) in [6.07, 6.45) is 0.917. The van der Waals surface area contributed by atoms with Crippen LogP contribution in [0.15, 0.2) is 46.9 Å². The average molecular weight is 300 g/mol. The van der Waals surface area contributed by atoms with Crippen LogP contribution in [0.25, 0.3) is 11.3 Å². The number of aryl methyl sites for hydroxylation is 1. The highest BCUT2D eigenvalue weighted by Gasteiger charge is 2.07. The Balaban J connectivity index is 1.74. The Morgan fingerprint density at radius 1 is 1.00 bits per heavy atom. The number of hydrogen-bond acceptors (Lipinski definition) is 3. The lowest BCUT2D eigenvalue weighted by atomic mass is 10.2. The quantitative estimate of drug-likeness (QED) is 0.770. The predicted octanol–water partition coefficient (Wildman–Crippen LogP) is 2.13. The number of rotatable bonds is 7. The minimum atomic E-state index is -0.0988. The van der Waals surface area contributed by atoms with Gasteiger partial charge in [-0.3, -0.25) is 9.59 Å². The molecular weight excluding hydrogens is 280 g/mol. The van der Waals surface area contributed by atoms with Crippen LogP contribution in [0.3, 0.4) is 0 Å². The molecule has 0 radical (unpaired) electrons. The Morgan fingerprint density at radius 3 is 2.45 bits per heavy atom. The number of carbonyl (C=O) groups is 2. The van der Waals surface area contributed by atoms with Crippen molar-refractivity contribution >= 4 is 11.8 Å². The predicted molar refractivity (Wildman–Crippen MR) is 84.2 cm³/mol. The molecule has 0 unspecified atom stereocenters. The fourth-order valence-corrected chi connectivity index (χ4v) is 2.04. The third-order valence-electron chi connectivity index (χ3n) is 3.14. The van der Waals surface area contributed by atoms with E-state index in [1.54, 1.807) is 0 Å². The monoisotopic (exact) mass is 300 g/mol. The maximum Gasteiger partial charge on any atom is 0.220 e. The van der Waals surface area contributed by atoms with Crippen LogP contribution in [0, 0.1) is 0 Å². The van der Waals surface area contributed by atoms with Crippen molar-refractivity contribution in [2.24, 2.45) is 0 Å². The van der Waals surface area contributed by atoms with Gasteiger partial charge in [0, 0.05) is 38.4 Å². The van der Waals surface area contributed by atoms with E-state index in [9.17, 15) is 9.59 Å². The van der Waals surface area contributed by atoms with Crippen molar-refractivity contribution in [2.45, 2.75) is 19.8 Å². The number of benzene rings is 1. The summed E-state index contributed by atoms with van der Waals surface area (Å²) in [5.74, 6) is 1.44. The van der Waals surface area contributed by atoms with Gasteiger partial charge in [-0.1, -0.05) is 30.3 Å². The van der Waals surface area contributed by atoms with Gasteiger partial charge >= 0.3 is 0 Å². The lowest BCUT2D eigenvalue weighted by molar-refractivity contribution is -0.122. The minimum Gasteiger partial charge on any atom is -0.461 e. The van der Waals surface area contributed by atoms with Gasteiger partial charge in [0.25, 0.3) is 0 Å². The van der Waals surface area contributed by atoms with Gasteiger partial charge in [-0.2, -0.15) is 0 Å². The Bertz CT molecular complexity index is 620. The number of furan rings is 1. The molecule has 0 spiro atoms. The maximum atomic E-state index is 11.7. The number of hydrogen-bond donors (Lipinski definition) is 2.